The molecule has 168 valence electrons. The van der Waals surface area contributed by atoms with E-state index in [0.29, 0.717) is 19.7 Å². The summed E-state index contributed by atoms with van der Waals surface area (Å²) >= 11 is 0. The van der Waals surface area contributed by atoms with Crippen molar-refractivity contribution in [2.75, 3.05) is 40.4 Å². The molecule has 0 bridgehead atoms. The van der Waals surface area contributed by atoms with E-state index in [1.54, 1.807) is 7.11 Å². The molecule has 0 aliphatic carbocycles. The van der Waals surface area contributed by atoms with Gasteiger partial charge in [-0.1, -0.05) is 36.4 Å². The van der Waals surface area contributed by atoms with Gasteiger partial charge < -0.3 is 14.8 Å². The molecule has 0 spiro atoms. The summed E-state index contributed by atoms with van der Waals surface area (Å²) in [5.41, 5.74) is 2.43. The molecular weight excluding hydrogens is 390 g/mol. The molecule has 1 fully saturated rings. The van der Waals surface area contributed by atoms with E-state index >= 15 is 0 Å². The van der Waals surface area contributed by atoms with Crippen molar-refractivity contribution in [2.45, 2.75) is 38.9 Å². The van der Waals surface area contributed by atoms with Gasteiger partial charge >= 0.3 is 0 Å². The summed E-state index contributed by atoms with van der Waals surface area (Å²) in [6.45, 7) is 6.61. The van der Waals surface area contributed by atoms with Crippen LogP contribution in [0.2, 0.25) is 0 Å². The van der Waals surface area contributed by atoms with Crippen LogP contribution in [0.4, 0.5) is 0 Å². The van der Waals surface area contributed by atoms with Gasteiger partial charge in [0.15, 0.2) is 11.5 Å². The van der Waals surface area contributed by atoms with E-state index in [9.17, 15) is 4.79 Å². The van der Waals surface area contributed by atoms with Crippen LogP contribution in [0.15, 0.2) is 48.5 Å². The largest absolute Gasteiger partial charge is 0.493 e. The Kier molecular flexibility index (Phi) is 8.74. The average molecular weight is 426 g/mol. The average Bonchev–Trinajstić information content (AvgIpc) is 2.77. The number of carbonyl (C=O) groups excluding carboxylic acids is 1. The highest BCUT2D eigenvalue weighted by Gasteiger charge is 2.21. The van der Waals surface area contributed by atoms with Gasteiger partial charge in [-0.3, -0.25) is 14.6 Å². The first kappa shape index (κ1) is 23.1. The number of ether oxygens (including phenoxy) is 2. The lowest BCUT2D eigenvalue weighted by Crippen LogP contribution is -2.46. The number of nitrogens with one attached hydrogen (secondary N) is 1. The maximum Gasteiger partial charge on any atom is 0.234 e. The predicted molar refractivity (Wildman–Crippen MR) is 123 cm³/mol. The van der Waals surface area contributed by atoms with Gasteiger partial charge in [-0.05, 0) is 50.1 Å². The number of rotatable bonds is 10. The van der Waals surface area contributed by atoms with E-state index in [1.165, 1.54) is 5.56 Å². The minimum atomic E-state index is 0.0851. The predicted octanol–water partition coefficient (Wildman–Crippen LogP) is 3.31. The van der Waals surface area contributed by atoms with Crippen LogP contribution in [-0.2, 0) is 17.9 Å². The quantitative estimate of drug-likeness (QED) is 0.633. The molecule has 31 heavy (non-hydrogen) atoms. The lowest BCUT2D eigenvalue weighted by Gasteiger charge is -2.32. The third-order valence-electron chi connectivity index (χ3n) is 5.60. The zero-order valence-electron chi connectivity index (χ0n) is 19.0. The van der Waals surface area contributed by atoms with E-state index in [-0.39, 0.29) is 11.9 Å². The first-order valence-electron chi connectivity index (χ1n) is 11.1. The Labute approximate surface area is 186 Å². The van der Waals surface area contributed by atoms with Gasteiger partial charge in [0.05, 0.1) is 20.3 Å². The summed E-state index contributed by atoms with van der Waals surface area (Å²) in [4.78, 5) is 17.0. The molecule has 0 aromatic heterocycles. The fraction of sp³-hybridized carbons (Fsp3) is 0.480. The first-order valence-corrected chi connectivity index (χ1v) is 11.1. The summed E-state index contributed by atoms with van der Waals surface area (Å²) in [5, 5.41) is 3.22. The summed E-state index contributed by atoms with van der Waals surface area (Å²) in [6.07, 6.45) is 2.00. The van der Waals surface area contributed by atoms with Gasteiger partial charge in [-0.2, -0.15) is 0 Å². The molecule has 3 rings (SSSR count). The summed E-state index contributed by atoms with van der Waals surface area (Å²) < 4.78 is 11.0. The smallest absolute Gasteiger partial charge is 0.234 e. The Morgan fingerprint density at radius 1 is 1.10 bits per heavy atom. The lowest BCUT2D eigenvalue weighted by molar-refractivity contribution is -0.123. The highest BCUT2D eigenvalue weighted by molar-refractivity contribution is 5.78. The SMILES string of the molecule is CCOc1ccc(CN(C)CC(=O)NC2CCN(Cc3ccccc3)CC2)cc1OC. The molecule has 1 heterocycles. The zero-order chi connectivity index (χ0) is 22.1. The lowest BCUT2D eigenvalue weighted by atomic mass is 10.0. The topological polar surface area (TPSA) is 54.0 Å². The Hall–Kier alpha value is -2.57. The fourth-order valence-corrected chi connectivity index (χ4v) is 4.05. The van der Waals surface area contributed by atoms with E-state index in [1.807, 2.05) is 37.1 Å². The molecule has 2 aromatic rings. The van der Waals surface area contributed by atoms with Crippen LogP contribution >= 0.6 is 0 Å². The van der Waals surface area contributed by atoms with Crippen LogP contribution in [0.3, 0.4) is 0 Å². The van der Waals surface area contributed by atoms with Crippen molar-refractivity contribution in [3.05, 3.63) is 59.7 Å². The minimum absolute atomic E-state index is 0.0851. The van der Waals surface area contributed by atoms with Gasteiger partial charge in [0.25, 0.3) is 0 Å². The van der Waals surface area contributed by atoms with Crippen molar-refractivity contribution >= 4 is 5.91 Å². The van der Waals surface area contributed by atoms with Crippen LogP contribution in [0.25, 0.3) is 0 Å². The number of benzene rings is 2. The Balaban J connectivity index is 1.40. The van der Waals surface area contributed by atoms with Gasteiger partial charge in [0.2, 0.25) is 5.91 Å². The third-order valence-corrected chi connectivity index (χ3v) is 5.60. The maximum atomic E-state index is 12.5. The molecule has 6 nitrogen and oxygen atoms in total. The highest BCUT2D eigenvalue weighted by Crippen LogP contribution is 2.28. The number of carbonyl (C=O) groups is 1. The molecule has 0 saturated carbocycles. The maximum absolute atomic E-state index is 12.5. The standard InChI is InChI=1S/C25H35N3O3/c1-4-31-23-11-10-21(16-24(23)30-3)17-27(2)19-25(29)26-22-12-14-28(15-13-22)18-20-8-6-5-7-9-20/h5-11,16,22H,4,12-15,17-19H2,1-3H3,(H,26,29). The number of piperidine rings is 1. The zero-order valence-corrected chi connectivity index (χ0v) is 19.0. The second-order valence-electron chi connectivity index (χ2n) is 8.19. The Morgan fingerprint density at radius 3 is 2.52 bits per heavy atom. The molecule has 2 aromatic carbocycles. The van der Waals surface area contributed by atoms with Gasteiger partial charge in [-0.15, -0.1) is 0 Å². The van der Waals surface area contributed by atoms with Crippen molar-refractivity contribution in [1.82, 2.24) is 15.1 Å². The first-order chi connectivity index (χ1) is 15.1. The molecule has 0 radical (unpaired) electrons. The van der Waals surface area contributed by atoms with E-state index in [2.05, 4.69) is 40.5 Å². The van der Waals surface area contributed by atoms with Gasteiger partial charge in [0, 0.05) is 32.2 Å². The number of amides is 1. The highest BCUT2D eigenvalue weighted by atomic mass is 16.5. The van der Waals surface area contributed by atoms with Crippen LogP contribution in [0.5, 0.6) is 11.5 Å². The van der Waals surface area contributed by atoms with E-state index < -0.39 is 0 Å². The summed E-state index contributed by atoms with van der Waals surface area (Å²) in [7, 11) is 3.61. The Bertz CT molecular complexity index is 820. The van der Waals surface area contributed by atoms with Crippen LogP contribution < -0.4 is 14.8 Å². The van der Waals surface area contributed by atoms with Crippen LogP contribution in [-0.4, -0.2) is 62.1 Å². The number of nitrogens with zero attached hydrogens (tertiary/aromatic N) is 2. The van der Waals surface area contributed by atoms with Gasteiger partial charge in [0.1, 0.15) is 0 Å². The molecule has 0 unspecified atom stereocenters. The number of hydrogen-bond donors (Lipinski definition) is 1. The van der Waals surface area contributed by atoms with Crippen molar-refractivity contribution in [1.29, 1.82) is 0 Å². The normalized spacial score (nSPS) is 15.1. The van der Waals surface area contributed by atoms with E-state index in [4.69, 9.17) is 9.47 Å². The van der Waals surface area contributed by atoms with Gasteiger partial charge in [-0.25, -0.2) is 0 Å². The third kappa shape index (κ3) is 7.26. The minimum Gasteiger partial charge on any atom is -0.493 e. The van der Waals surface area contributed by atoms with Crippen LogP contribution in [0, 0.1) is 0 Å². The molecule has 1 saturated heterocycles. The molecule has 1 aliphatic heterocycles. The number of likely N-dealkylation sites (N-methyl/N-ethyl adjacent to an activating group) is 1. The van der Waals surface area contributed by atoms with Crippen molar-refractivity contribution in [3.63, 3.8) is 0 Å². The number of hydrogen-bond acceptors (Lipinski definition) is 5. The molecule has 0 atom stereocenters. The number of methoxy groups -OCH3 is 1. The van der Waals surface area contributed by atoms with Crippen molar-refractivity contribution < 1.29 is 14.3 Å². The molecule has 1 amide bonds. The summed E-state index contributed by atoms with van der Waals surface area (Å²) in [6, 6.07) is 16.7. The van der Waals surface area contributed by atoms with Crippen LogP contribution in [0.1, 0.15) is 30.9 Å². The van der Waals surface area contributed by atoms with E-state index in [0.717, 1.165) is 49.5 Å². The summed E-state index contributed by atoms with van der Waals surface area (Å²) in [5.74, 6) is 1.55. The fourth-order valence-electron chi connectivity index (χ4n) is 4.05. The van der Waals surface area contributed by atoms with Crippen molar-refractivity contribution in [3.8, 4) is 11.5 Å². The number of likely N-dealkylation sites (tertiary alicyclic amines) is 1. The monoisotopic (exact) mass is 425 g/mol. The molecule has 6 heteroatoms. The molecule has 1 N–H and O–H groups in total. The second kappa shape index (κ2) is 11.7. The molecular formula is C25H35N3O3. The van der Waals surface area contributed by atoms with Crippen molar-refractivity contribution in [2.24, 2.45) is 0 Å². The Morgan fingerprint density at radius 2 is 1.84 bits per heavy atom. The second-order valence-corrected chi connectivity index (χ2v) is 8.19. The molecule has 1 aliphatic rings.